The molecule has 8 nitrogen and oxygen atoms in total. The summed E-state index contributed by atoms with van der Waals surface area (Å²) in [7, 11) is 0. The number of carbonyl (C=O) groups is 4. The van der Waals surface area contributed by atoms with Gasteiger partial charge in [0.25, 0.3) is 0 Å². The SMILES string of the molecule is CC(C)OC(=O)CCCC=CCC1C(OC(=O)c2ccccc2)CC(OC(=O)c2ccccc2)C1C=CC(=O)COc1ccccc1. The zero-order valence-corrected chi connectivity index (χ0v) is 26.9. The fraction of sp³-hybridized carbons (Fsp3) is 0.333. The van der Waals surface area contributed by atoms with Crippen LogP contribution < -0.4 is 4.74 Å². The van der Waals surface area contributed by atoms with Crippen LogP contribution in [-0.4, -0.2) is 48.6 Å². The molecule has 1 aliphatic carbocycles. The van der Waals surface area contributed by atoms with Gasteiger partial charge in [-0.05, 0) is 75.6 Å². The van der Waals surface area contributed by atoms with Crippen LogP contribution in [0.25, 0.3) is 0 Å². The standard InChI is InChI=1S/C39H42O8/c1-28(2)45-37(41)23-15-4-3-14-22-33-34(25-24-31(40)27-44-32-20-12-7-13-21-32)36(47-39(43)30-18-10-6-11-19-30)26-35(33)46-38(42)29-16-8-5-9-17-29/h3,5-14,16-21,24-25,28,33-36H,4,15,22-23,26-27H2,1-2H3. The van der Waals surface area contributed by atoms with E-state index in [-0.39, 0.29) is 36.8 Å². The smallest absolute Gasteiger partial charge is 0.338 e. The Balaban J connectivity index is 1.52. The minimum Gasteiger partial charge on any atom is -0.485 e. The molecule has 4 unspecified atom stereocenters. The van der Waals surface area contributed by atoms with Gasteiger partial charge in [-0.15, -0.1) is 0 Å². The highest BCUT2D eigenvalue weighted by atomic mass is 16.6. The third-order valence-corrected chi connectivity index (χ3v) is 7.72. The van der Waals surface area contributed by atoms with Gasteiger partial charge in [0.2, 0.25) is 0 Å². The molecule has 8 heteroatoms. The van der Waals surface area contributed by atoms with Gasteiger partial charge >= 0.3 is 17.9 Å². The summed E-state index contributed by atoms with van der Waals surface area (Å²) >= 11 is 0. The predicted molar refractivity (Wildman–Crippen MR) is 178 cm³/mol. The lowest BCUT2D eigenvalue weighted by Gasteiger charge is -2.23. The molecule has 4 rings (SSSR count). The van der Waals surface area contributed by atoms with Crippen molar-refractivity contribution in [2.75, 3.05) is 6.61 Å². The molecular formula is C39H42O8. The molecule has 0 amide bonds. The minimum absolute atomic E-state index is 0.151. The van der Waals surface area contributed by atoms with Gasteiger partial charge in [-0.1, -0.05) is 72.8 Å². The molecule has 1 saturated carbocycles. The Kier molecular flexibility index (Phi) is 13.5. The number of hydrogen-bond acceptors (Lipinski definition) is 8. The van der Waals surface area contributed by atoms with Crippen molar-refractivity contribution in [2.24, 2.45) is 11.8 Å². The normalized spacial score (nSPS) is 19.1. The first-order valence-electron chi connectivity index (χ1n) is 16.1. The molecule has 1 aliphatic rings. The fourth-order valence-electron chi connectivity index (χ4n) is 5.48. The van der Waals surface area contributed by atoms with Crippen LogP contribution in [0.3, 0.4) is 0 Å². The van der Waals surface area contributed by atoms with E-state index in [2.05, 4.69) is 0 Å². The lowest BCUT2D eigenvalue weighted by molar-refractivity contribution is -0.147. The molecular weight excluding hydrogens is 596 g/mol. The van der Waals surface area contributed by atoms with E-state index >= 15 is 0 Å². The summed E-state index contributed by atoms with van der Waals surface area (Å²) in [5.41, 5.74) is 0.819. The number of para-hydroxylation sites is 1. The number of carbonyl (C=O) groups excluding carboxylic acids is 4. The summed E-state index contributed by atoms with van der Waals surface area (Å²) in [5.74, 6) is -1.59. The predicted octanol–water partition coefficient (Wildman–Crippen LogP) is 7.35. The van der Waals surface area contributed by atoms with Gasteiger partial charge in [0.05, 0.1) is 17.2 Å². The Morgan fingerprint density at radius 1 is 0.766 bits per heavy atom. The van der Waals surface area contributed by atoms with Crippen LogP contribution in [0.2, 0.25) is 0 Å². The van der Waals surface area contributed by atoms with E-state index in [4.69, 9.17) is 18.9 Å². The summed E-state index contributed by atoms with van der Waals surface area (Å²) in [6.07, 6.45) is 8.16. The summed E-state index contributed by atoms with van der Waals surface area (Å²) in [6, 6.07) is 26.5. The number of allylic oxidation sites excluding steroid dienone is 2. The largest absolute Gasteiger partial charge is 0.485 e. The second kappa shape index (κ2) is 18.2. The number of benzene rings is 3. The third kappa shape index (κ3) is 11.4. The van der Waals surface area contributed by atoms with Crippen molar-refractivity contribution in [2.45, 2.75) is 64.3 Å². The van der Waals surface area contributed by atoms with Crippen molar-refractivity contribution < 1.29 is 38.1 Å². The highest BCUT2D eigenvalue weighted by Crippen LogP contribution is 2.40. The van der Waals surface area contributed by atoms with Gasteiger partial charge < -0.3 is 18.9 Å². The number of hydrogen-bond donors (Lipinski definition) is 0. The van der Waals surface area contributed by atoms with Crippen molar-refractivity contribution in [1.29, 1.82) is 0 Å². The quantitative estimate of drug-likeness (QED) is 0.0528. The van der Waals surface area contributed by atoms with Crippen LogP contribution in [-0.2, 0) is 23.8 Å². The molecule has 3 aromatic rings. The summed E-state index contributed by atoms with van der Waals surface area (Å²) in [5, 5.41) is 0. The van der Waals surface area contributed by atoms with Gasteiger partial charge in [-0.3, -0.25) is 9.59 Å². The van der Waals surface area contributed by atoms with Crippen LogP contribution in [0.5, 0.6) is 5.75 Å². The number of esters is 3. The van der Waals surface area contributed by atoms with Crippen molar-refractivity contribution in [3.8, 4) is 5.75 Å². The Morgan fingerprint density at radius 3 is 1.94 bits per heavy atom. The van der Waals surface area contributed by atoms with E-state index in [0.717, 1.165) is 0 Å². The Morgan fingerprint density at radius 2 is 1.34 bits per heavy atom. The highest BCUT2D eigenvalue weighted by Gasteiger charge is 2.45. The molecule has 0 bridgehead atoms. The highest BCUT2D eigenvalue weighted by molar-refractivity contribution is 5.91. The van der Waals surface area contributed by atoms with E-state index in [9.17, 15) is 19.2 Å². The molecule has 47 heavy (non-hydrogen) atoms. The molecule has 1 fully saturated rings. The number of ketones is 1. The first kappa shape index (κ1) is 34.9. The Hall–Kier alpha value is -4.98. The first-order valence-corrected chi connectivity index (χ1v) is 16.1. The van der Waals surface area contributed by atoms with E-state index < -0.39 is 30.1 Å². The molecule has 0 aliphatic heterocycles. The number of ether oxygens (including phenoxy) is 4. The van der Waals surface area contributed by atoms with E-state index in [1.807, 2.05) is 56.3 Å². The Labute approximate surface area is 276 Å². The van der Waals surface area contributed by atoms with E-state index in [0.29, 0.717) is 42.6 Å². The van der Waals surface area contributed by atoms with Crippen molar-refractivity contribution in [3.05, 3.63) is 126 Å². The van der Waals surface area contributed by atoms with Crippen LogP contribution in [0.15, 0.2) is 115 Å². The summed E-state index contributed by atoms with van der Waals surface area (Å²) in [4.78, 5) is 51.1. The molecule has 0 spiro atoms. The van der Waals surface area contributed by atoms with E-state index in [1.165, 1.54) is 6.08 Å². The number of rotatable bonds is 16. The second-order valence-corrected chi connectivity index (χ2v) is 11.7. The van der Waals surface area contributed by atoms with Gasteiger partial charge in [-0.25, -0.2) is 9.59 Å². The summed E-state index contributed by atoms with van der Waals surface area (Å²) in [6.45, 7) is 3.48. The molecule has 246 valence electrons. The van der Waals surface area contributed by atoms with Crippen molar-refractivity contribution in [1.82, 2.24) is 0 Å². The molecule has 0 heterocycles. The zero-order chi connectivity index (χ0) is 33.4. The molecule has 3 aromatic carbocycles. The van der Waals surface area contributed by atoms with Gasteiger partial charge in [0.1, 0.15) is 18.0 Å². The first-order chi connectivity index (χ1) is 22.8. The second-order valence-electron chi connectivity index (χ2n) is 11.7. The average molecular weight is 639 g/mol. The van der Waals surface area contributed by atoms with Crippen LogP contribution in [0.4, 0.5) is 0 Å². The van der Waals surface area contributed by atoms with Gasteiger partial charge in [-0.2, -0.15) is 0 Å². The third-order valence-electron chi connectivity index (χ3n) is 7.72. The maximum atomic E-state index is 13.2. The monoisotopic (exact) mass is 638 g/mol. The van der Waals surface area contributed by atoms with Crippen LogP contribution in [0.1, 0.15) is 66.7 Å². The molecule has 4 atom stereocenters. The average Bonchev–Trinajstić information content (AvgIpc) is 3.39. The van der Waals surface area contributed by atoms with Crippen molar-refractivity contribution in [3.63, 3.8) is 0 Å². The molecule has 0 radical (unpaired) electrons. The van der Waals surface area contributed by atoms with Crippen LogP contribution in [0, 0.1) is 11.8 Å². The van der Waals surface area contributed by atoms with E-state index in [1.54, 1.807) is 66.7 Å². The zero-order valence-electron chi connectivity index (χ0n) is 26.9. The topological polar surface area (TPSA) is 105 Å². The maximum Gasteiger partial charge on any atom is 0.338 e. The lowest BCUT2D eigenvalue weighted by Crippen LogP contribution is -2.26. The Bertz CT molecular complexity index is 1500. The number of unbranched alkanes of at least 4 members (excludes halogenated alkanes) is 1. The molecule has 0 N–H and O–H groups in total. The van der Waals surface area contributed by atoms with Crippen LogP contribution >= 0.6 is 0 Å². The molecule has 0 aromatic heterocycles. The lowest BCUT2D eigenvalue weighted by atomic mass is 9.89. The van der Waals surface area contributed by atoms with Gasteiger partial charge in [0.15, 0.2) is 12.4 Å². The fourth-order valence-corrected chi connectivity index (χ4v) is 5.48. The van der Waals surface area contributed by atoms with Gasteiger partial charge in [0, 0.05) is 24.7 Å². The summed E-state index contributed by atoms with van der Waals surface area (Å²) < 4.78 is 22.9. The van der Waals surface area contributed by atoms with Crippen molar-refractivity contribution >= 4 is 23.7 Å². The minimum atomic E-state index is -0.653. The maximum absolute atomic E-state index is 13.2. The molecule has 0 saturated heterocycles.